The first-order valence-electron chi connectivity index (χ1n) is 6.88. The lowest BCUT2D eigenvalue weighted by Crippen LogP contribution is -2.27. The molecular weight excluding hydrogens is 266 g/mol. The molecule has 0 unspecified atom stereocenters. The maximum absolute atomic E-state index is 11.9. The molecule has 5 nitrogen and oxygen atoms in total. The van der Waals surface area contributed by atoms with Gasteiger partial charge in [-0.25, -0.2) is 4.98 Å². The Bertz CT molecular complexity index is 687. The van der Waals surface area contributed by atoms with E-state index in [9.17, 15) is 9.59 Å². The Morgan fingerprint density at radius 3 is 2.52 bits per heavy atom. The highest BCUT2D eigenvalue weighted by Gasteiger charge is 2.06. The summed E-state index contributed by atoms with van der Waals surface area (Å²) in [6.45, 7) is 5.93. The van der Waals surface area contributed by atoms with E-state index in [1.165, 1.54) is 22.5 Å². The van der Waals surface area contributed by atoms with E-state index >= 15 is 0 Å². The normalized spacial score (nSPS) is 10.7. The molecule has 0 bridgehead atoms. The molecule has 1 N–H and O–H groups in total. The summed E-state index contributed by atoms with van der Waals surface area (Å²) in [5.74, 6) is 0.201. The van der Waals surface area contributed by atoms with Crippen molar-refractivity contribution in [3.05, 3.63) is 58.3 Å². The molecule has 0 aliphatic rings. The average molecular weight is 285 g/mol. The van der Waals surface area contributed by atoms with E-state index in [4.69, 9.17) is 0 Å². The van der Waals surface area contributed by atoms with Crippen LogP contribution in [0.3, 0.4) is 0 Å². The predicted octanol–water partition coefficient (Wildman–Crippen LogP) is 2.31. The number of aryl methyl sites for hydroxylation is 1. The molecule has 21 heavy (non-hydrogen) atoms. The Morgan fingerprint density at radius 1 is 1.29 bits per heavy atom. The van der Waals surface area contributed by atoms with E-state index < -0.39 is 0 Å². The molecule has 1 heterocycles. The third-order valence-corrected chi connectivity index (χ3v) is 3.19. The highest BCUT2D eigenvalue weighted by molar-refractivity contribution is 5.90. The first-order valence-corrected chi connectivity index (χ1v) is 6.88. The van der Waals surface area contributed by atoms with Crippen LogP contribution >= 0.6 is 0 Å². The topological polar surface area (TPSA) is 64.0 Å². The van der Waals surface area contributed by atoms with E-state index in [0.29, 0.717) is 11.6 Å². The Labute approximate surface area is 123 Å². The van der Waals surface area contributed by atoms with Crippen LogP contribution in [-0.4, -0.2) is 15.5 Å². The van der Waals surface area contributed by atoms with Gasteiger partial charge in [0.2, 0.25) is 5.91 Å². The van der Waals surface area contributed by atoms with Crippen LogP contribution < -0.4 is 10.9 Å². The second-order valence-corrected chi connectivity index (χ2v) is 5.32. The van der Waals surface area contributed by atoms with Crippen LogP contribution in [0.15, 0.2) is 41.5 Å². The number of rotatable bonds is 4. The van der Waals surface area contributed by atoms with Crippen molar-refractivity contribution in [2.45, 2.75) is 33.2 Å². The van der Waals surface area contributed by atoms with Crippen LogP contribution in [-0.2, 0) is 11.3 Å². The second kappa shape index (κ2) is 6.35. The highest BCUT2D eigenvalue weighted by Crippen LogP contribution is 2.17. The summed E-state index contributed by atoms with van der Waals surface area (Å²) in [5, 5.41) is 2.77. The fraction of sp³-hybridized carbons (Fsp3) is 0.312. The molecule has 1 aromatic heterocycles. The van der Waals surface area contributed by atoms with Crippen LogP contribution in [0.4, 0.5) is 5.69 Å². The molecule has 0 fully saturated rings. The van der Waals surface area contributed by atoms with Crippen LogP contribution in [0.25, 0.3) is 0 Å². The Hall–Kier alpha value is -2.43. The van der Waals surface area contributed by atoms with Crippen molar-refractivity contribution < 1.29 is 4.79 Å². The predicted molar refractivity (Wildman–Crippen MR) is 82.4 cm³/mol. The zero-order valence-electron chi connectivity index (χ0n) is 12.5. The molecule has 0 saturated carbocycles. The maximum Gasteiger partial charge on any atom is 0.253 e. The van der Waals surface area contributed by atoms with Gasteiger partial charge in [-0.15, -0.1) is 0 Å². The number of hydrogen-bond donors (Lipinski definition) is 1. The molecule has 0 aliphatic carbocycles. The third kappa shape index (κ3) is 4.02. The minimum Gasteiger partial charge on any atom is -0.325 e. The minimum absolute atomic E-state index is 0.0436. The molecule has 110 valence electrons. The number of hydrogen-bond acceptors (Lipinski definition) is 3. The van der Waals surface area contributed by atoms with Gasteiger partial charge in [0.15, 0.2) is 0 Å². The Kier molecular flexibility index (Phi) is 4.52. The molecular formula is C16H19N3O2. The van der Waals surface area contributed by atoms with E-state index in [2.05, 4.69) is 24.1 Å². The molecule has 0 spiro atoms. The summed E-state index contributed by atoms with van der Waals surface area (Å²) in [6, 6.07) is 9.11. The largest absolute Gasteiger partial charge is 0.325 e. The van der Waals surface area contributed by atoms with Gasteiger partial charge in [-0.3, -0.25) is 14.2 Å². The van der Waals surface area contributed by atoms with Crippen molar-refractivity contribution in [2.24, 2.45) is 0 Å². The number of amides is 1. The summed E-state index contributed by atoms with van der Waals surface area (Å²) in [5.41, 5.74) is 2.35. The number of nitrogens with zero attached hydrogens (tertiary/aromatic N) is 2. The maximum atomic E-state index is 11.9. The van der Waals surface area contributed by atoms with Crippen molar-refractivity contribution in [1.29, 1.82) is 0 Å². The second-order valence-electron chi connectivity index (χ2n) is 5.32. The van der Waals surface area contributed by atoms with Crippen LogP contribution in [0, 0.1) is 6.92 Å². The number of benzene rings is 1. The lowest BCUT2D eigenvalue weighted by atomic mass is 10.0. The number of anilines is 1. The van der Waals surface area contributed by atoms with E-state index in [0.717, 1.165) is 5.69 Å². The molecule has 2 aromatic rings. The van der Waals surface area contributed by atoms with Crippen LogP contribution in [0.1, 0.15) is 31.0 Å². The first kappa shape index (κ1) is 15.0. The molecule has 0 atom stereocenters. The van der Waals surface area contributed by atoms with Crippen molar-refractivity contribution in [2.75, 3.05) is 5.32 Å². The van der Waals surface area contributed by atoms with Gasteiger partial charge in [-0.2, -0.15) is 0 Å². The fourth-order valence-electron chi connectivity index (χ4n) is 1.94. The van der Waals surface area contributed by atoms with Gasteiger partial charge in [-0.1, -0.05) is 26.0 Å². The number of nitrogens with one attached hydrogen (secondary N) is 1. The minimum atomic E-state index is -0.250. The van der Waals surface area contributed by atoms with Gasteiger partial charge in [0.25, 0.3) is 5.56 Å². The molecule has 0 saturated heterocycles. The third-order valence-electron chi connectivity index (χ3n) is 3.19. The van der Waals surface area contributed by atoms with Crippen LogP contribution in [0.2, 0.25) is 0 Å². The standard InChI is InChI=1S/C16H19N3O2/c1-11(2)13-4-6-14(7-5-13)18-15(20)9-19-10-17-12(3)8-16(19)21/h4-8,10-11H,9H2,1-3H3,(H,18,20). The van der Waals surface area contributed by atoms with Gasteiger partial charge >= 0.3 is 0 Å². The van der Waals surface area contributed by atoms with E-state index in [1.807, 2.05) is 24.3 Å². The first-order chi connectivity index (χ1) is 9.95. The van der Waals surface area contributed by atoms with Crippen molar-refractivity contribution in [3.8, 4) is 0 Å². The van der Waals surface area contributed by atoms with Gasteiger partial charge in [0.05, 0.1) is 6.33 Å². The smallest absolute Gasteiger partial charge is 0.253 e. The zero-order valence-corrected chi connectivity index (χ0v) is 12.5. The van der Waals surface area contributed by atoms with Crippen molar-refractivity contribution in [1.82, 2.24) is 9.55 Å². The molecule has 1 amide bonds. The molecule has 2 rings (SSSR count). The lowest BCUT2D eigenvalue weighted by molar-refractivity contribution is -0.116. The summed E-state index contributed by atoms with van der Waals surface area (Å²) >= 11 is 0. The van der Waals surface area contributed by atoms with Gasteiger partial charge in [0.1, 0.15) is 6.54 Å². The lowest BCUT2D eigenvalue weighted by Gasteiger charge is -2.09. The number of aromatic nitrogens is 2. The van der Waals surface area contributed by atoms with Crippen molar-refractivity contribution >= 4 is 11.6 Å². The molecule has 1 aromatic carbocycles. The Morgan fingerprint density at radius 2 is 1.95 bits per heavy atom. The van der Waals surface area contributed by atoms with Gasteiger partial charge in [-0.05, 0) is 30.5 Å². The summed E-state index contributed by atoms with van der Waals surface area (Å²) < 4.78 is 1.28. The summed E-state index contributed by atoms with van der Waals surface area (Å²) in [4.78, 5) is 27.6. The number of carbonyl (C=O) groups excluding carboxylic acids is 1. The SMILES string of the molecule is Cc1cc(=O)n(CC(=O)Nc2ccc(C(C)C)cc2)cn1. The average Bonchev–Trinajstić information content (AvgIpc) is 2.42. The summed E-state index contributed by atoms with van der Waals surface area (Å²) in [7, 11) is 0. The zero-order chi connectivity index (χ0) is 15.4. The fourth-order valence-corrected chi connectivity index (χ4v) is 1.94. The van der Waals surface area contributed by atoms with Gasteiger partial charge < -0.3 is 5.32 Å². The van der Waals surface area contributed by atoms with Crippen LogP contribution in [0.5, 0.6) is 0 Å². The van der Waals surface area contributed by atoms with E-state index in [-0.39, 0.29) is 18.0 Å². The van der Waals surface area contributed by atoms with Crippen molar-refractivity contribution in [3.63, 3.8) is 0 Å². The highest BCUT2D eigenvalue weighted by atomic mass is 16.2. The molecule has 5 heteroatoms. The Balaban J connectivity index is 2.03. The molecule has 0 radical (unpaired) electrons. The van der Waals surface area contributed by atoms with Gasteiger partial charge in [0, 0.05) is 17.4 Å². The summed E-state index contributed by atoms with van der Waals surface area (Å²) in [6.07, 6.45) is 1.39. The van der Waals surface area contributed by atoms with E-state index in [1.54, 1.807) is 6.92 Å². The molecule has 0 aliphatic heterocycles. The number of carbonyl (C=O) groups is 1. The monoisotopic (exact) mass is 285 g/mol. The quantitative estimate of drug-likeness (QED) is 0.937.